The molecule has 0 saturated carbocycles. The SMILES string of the molecule is CCCc1nc(Cl)cnc1Cc1ccnn1-c1ncccc1C#N. The van der Waals surface area contributed by atoms with Crippen molar-refractivity contribution in [1.29, 1.82) is 5.26 Å². The van der Waals surface area contributed by atoms with Gasteiger partial charge in [0, 0.05) is 18.8 Å². The molecule has 0 fully saturated rings. The summed E-state index contributed by atoms with van der Waals surface area (Å²) in [5, 5.41) is 14.0. The average molecular weight is 339 g/mol. The maximum absolute atomic E-state index is 9.27. The van der Waals surface area contributed by atoms with Crippen LogP contribution in [0.5, 0.6) is 0 Å². The Bertz CT molecular complexity index is 896. The van der Waals surface area contributed by atoms with E-state index in [0.717, 1.165) is 29.9 Å². The summed E-state index contributed by atoms with van der Waals surface area (Å²) < 4.78 is 1.67. The van der Waals surface area contributed by atoms with Crippen LogP contribution in [-0.4, -0.2) is 24.7 Å². The molecule has 0 aliphatic carbocycles. The highest BCUT2D eigenvalue weighted by Gasteiger charge is 2.14. The molecule has 3 aromatic rings. The molecule has 0 spiro atoms. The molecule has 0 aliphatic heterocycles. The van der Waals surface area contributed by atoms with Crippen molar-refractivity contribution in [3.05, 3.63) is 64.6 Å². The molecule has 3 rings (SSSR count). The van der Waals surface area contributed by atoms with E-state index in [4.69, 9.17) is 11.6 Å². The molecule has 7 heteroatoms. The Kier molecular flexibility index (Phi) is 4.82. The van der Waals surface area contributed by atoms with Crippen molar-refractivity contribution < 1.29 is 0 Å². The lowest BCUT2D eigenvalue weighted by Crippen LogP contribution is -2.09. The van der Waals surface area contributed by atoms with E-state index < -0.39 is 0 Å². The fourth-order valence-electron chi connectivity index (χ4n) is 2.49. The molecule has 0 radical (unpaired) electrons. The first-order chi connectivity index (χ1) is 11.7. The number of hydrogen-bond donors (Lipinski definition) is 0. The van der Waals surface area contributed by atoms with Crippen molar-refractivity contribution >= 4 is 11.6 Å². The van der Waals surface area contributed by atoms with E-state index >= 15 is 0 Å². The Balaban J connectivity index is 1.99. The molecule has 0 saturated heterocycles. The minimum absolute atomic E-state index is 0.396. The van der Waals surface area contributed by atoms with Gasteiger partial charge in [0.25, 0.3) is 0 Å². The molecular formula is C17H15ClN6. The van der Waals surface area contributed by atoms with Crippen LogP contribution in [0.1, 0.15) is 36.0 Å². The monoisotopic (exact) mass is 338 g/mol. The summed E-state index contributed by atoms with van der Waals surface area (Å²) in [6.07, 6.45) is 7.20. The third-order valence-electron chi connectivity index (χ3n) is 3.57. The molecule has 120 valence electrons. The quantitative estimate of drug-likeness (QED) is 0.714. The fraction of sp³-hybridized carbons (Fsp3) is 0.235. The van der Waals surface area contributed by atoms with Gasteiger partial charge in [0.05, 0.1) is 28.8 Å². The highest BCUT2D eigenvalue weighted by atomic mass is 35.5. The van der Waals surface area contributed by atoms with Gasteiger partial charge in [0.2, 0.25) is 0 Å². The number of hydrogen-bond acceptors (Lipinski definition) is 5. The zero-order chi connectivity index (χ0) is 16.9. The molecule has 0 aliphatic rings. The van der Waals surface area contributed by atoms with E-state index in [9.17, 15) is 5.26 Å². The lowest BCUT2D eigenvalue weighted by atomic mass is 10.1. The Hall–Kier alpha value is -2.78. The molecular weight excluding hydrogens is 324 g/mol. The summed E-state index contributed by atoms with van der Waals surface area (Å²) >= 11 is 5.96. The van der Waals surface area contributed by atoms with E-state index in [1.807, 2.05) is 6.07 Å². The topological polar surface area (TPSA) is 80.3 Å². The van der Waals surface area contributed by atoms with Crippen LogP contribution < -0.4 is 0 Å². The second kappa shape index (κ2) is 7.20. The predicted octanol–water partition coefficient (Wildman–Crippen LogP) is 3.13. The first-order valence-electron chi connectivity index (χ1n) is 7.61. The summed E-state index contributed by atoms with van der Waals surface area (Å²) in [6, 6.07) is 7.49. The standard InChI is InChI=1S/C17H15ClN6/c1-2-4-14-15(21-11-16(18)23-14)9-13-6-8-22-24(13)17-12(10-19)5-3-7-20-17/h3,5-8,11H,2,4,9H2,1H3. The van der Waals surface area contributed by atoms with Crippen LogP contribution in [0, 0.1) is 11.3 Å². The van der Waals surface area contributed by atoms with Crippen molar-refractivity contribution in [3.8, 4) is 11.9 Å². The van der Waals surface area contributed by atoms with Gasteiger partial charge in [0.1, 0.15) is 11.2 Å². The van der Waals surface area contributed by atoms with Crippen molar-refractivity contribution in [1.82, 2.24) is 24.7 Å². The summed E-state index contributed by atoms with van der Waals surface area (Å²) in [5.74, 6) is 0.513. The summed E-state index contributed by atoms with van der Waals surface area (Å²) in [7, 11) is 0. The molecule has 3 heterocycles. The summed E-state index contributed by atoms with van der Waals surface area (Å²) in [5.41, 5.74) is 3.11. The van der Waals surface area contributed by atoms with Crippen LogP contribution in [0.15, 0.2) is 36.8 Å². The Morgan fingerprint density at radius 1 is 1.21 bits per heavy atom. The Labute approximate surface area is 144 Å². The van der Waals surface area contributed by atoms with E-state index in [1.165, 1.54) is 0 Å². The molecule has 0 bridgehead atoms. The lowest BCUT2D eigenvalue weighted by Gasteiger charge is -2.10. The lowest BCUT2D eigenvalue weighted by molar-refractivity contribution is 0.773. The number of pyridine rings is 1. The maximum Gasteiger partial charge on any atom is 0.171 e. The van der Waals surface area contributed by atoms with Crippen LogP contribution in [-0.2, 0) is 12.8 Å². The third kappa shape index (κ3) is 3.26. The van der Waals surface area contributed by atoms with Gasteiger partial charge < -0.3 is 0 Å². The molecule has 0 N–H and O–H groups in total. The summed E-state index contributed by atoms with van der Waals surface area (Å²) in [6.45, 7) is 2.09. The molecule has 0 atom stereocenters. The van der Waals surface area contributed by atoms with Gasteiger partial charge in [-0.25, -0.2) is 14.6 Å². The number of aromatic nitrogens is 5. The van der Waals surface area contributed by atoms with Crippen LogP contribution >= 0.6 is 11.6 Å². The molecule has 6 nitrogen and oxygen atoms in total. The van der Waals surface area contributed by atoms with E-state index in [-0.39, 0.29) is 0 Å². The van der Waals surface area contributed by atoms with Gasteiger partial charge in [-0.1, -0.05) is 24.9 Å². The largest absolute Gasteiger partial charge is 0.256 e. The van der Waals surface area contributed by atoms with E-state index in [1.54, 1.807) is 35.4 Å². The fourth-order valence-corrected chi connectivity index (χ4v) is 2.64. The van der Waals surface area contributed by atoms with E-state index in [2.05, 4.69) is 33.0 Å². The molecule has 0 aromatic carbocycles. The second-order valence-electron chi connectivity index (χ2n) is 5.23. The zero-order valence-electron chi connectivity index (χ0n) is 13.1. The highest BCUT2D eigenvalue weighted by Crippen LogP contribution is 2.18. The second-order valence-corrected chi connectivity index (χ2v) is 5.62. The highest BCUT2D eigenvalue weighted by molar-refractivity contribution is 6.29. The summed E-state index contributed by atoms with van der Waals surface area (Å²) in [4.78, 5) is 13.1. The third-order valence-corrected chi connectivity index (χ3v) is 3.75. The minimum Gasteiger partial charge on any atom is -0.256 e. The molecule has 3 aromatic heterocycles. The van der Waals surface area contributed by atoms with Crippen LogP contribution in [0.25, 0.3) is 5.82 Å². The smallest absolute Gasteiger partial charge is 0.171 e. The molecule has 24 heavy (non-hydrogen) atoms. The van der Waals surface area contributed by atoms with Gasteiger partial charge in [-0.15, -0.1) is 0 Å². The number of nitrogens with zero attached hydrogens (tertiary/aromatic N) is 6. The van der Waals surface area contributed by atoms with Crippen LogP contribution in [0.4, 0.5) is 0 Å². The predicted molar refractivity (Wildman–Crippen MR) is 89.9 cm³/mol. The van der Waals surface area contributed by atoms with E-state index in [0.29, 0.717) is 23.0 Å². The average Bonchev–Trinajstić information content (AvgIpc) is 3.05. The normalized spacial score (nSPS) is 10.5. The van der Waals surface area contributed by atoms with Gasteiger partial charge >= 0.3 is 0 Å². The van der Waals surface area contributed by atoms with Gasteiger partial charge in [-0.05, 0) is 24.6 Å². The molecule has 0 amide bonds. The van der Waals surface area contributed by atoms with Gasteiger partial charge in [0.15, 0.2) is 5.82 Å². The van der Waals surface area contributed by atoms with Crippen molar-refractivity contribution in [3.63, 3.8) is 0 Å². The Morgan fingerprint density at radius 2 is 2.08 bits per heavy atom. The number of halogens is 1. The number of nitriles is 1. The number of rotatable bonds is 5. The van der Waals surface area contributed by atoms with Crippen LogP contribution in [0.2, 0.25) is 5.15 Å². The Morgan fingerprint density at radius 3 is 2.88 bits per heavy atom. The van der Waals surface area contributed by atoms with Crippen molar-refractivity contribution in [2.75, 3.05) is 0 Å². The molecule has 0 unspecified atom stereocenters. The first kappa shape index (κ1) is 16.1. The maximum atomic E-state index is 9.27. The zero-order valence-corrected chi connectivity index (χ0v) is 13.9. The van der Waals surface area contributed by atoms with Crippen molar-refractivity contribution in [2.24, 2.45) is 0 Å². The van der Waals surface area contributed by atoms with Gasteiger partial charge in [-0.2, -0.15) is 10.4 Å². The van der Waals surface area contributed by atoms with Crippen molar-refractivity contribution in [2.45, 2.75) is 26.2 Å². The first-order valence-corrected chi connectivity index (χ1v) is 7.99. The minimum atomic E-state index is 0.396. The van der Waals surface area contributed by atoms with Crippen LogP contribution in [0.3, 0.4) is 0 Å². The van der Waals surface area contributed by atoms with Gasteiger partial charge in [-0.3, -0.25) is 4.98 Å². The number of aryl methyl sites for hydroxylation is 1.